The van der Waals surface area contributed by atoms with Crippen molar-refractivity contribution in [1.82, 2.24) is 0 Å². The summed E-state index contributed by atoms with van der Waals surface area (Å²) in [4.78, 5) is 0. The van der Waals surface area contributed by atoms with Gasteiger partial charge in [-0.05, 0) is 98.7 Å². The number of hydrogen-bond donors (Lipinski definition) is 0. The highest BCUT2D eigenvalue weighted by molar-refractivity contribution is 5.28. The van der Waals surface area contributed by atoms with Crippen LogP contribution in [0.3, 0.4) is 0 Å². The molecule has 0 aromatic heterocycles. The molecule has 0 unspecified atom stereocenters. The maximum absolute atomic E-state index is 5.33. The third-order valence-corrected chi connectivity index (χ3v) is 6.56. The van der Waals surface area contributed by atoms with Gasteiger partial charge in [0.1, 0.15) is 5.75 Å². The summed E-state index contributed by atoms with van der Waals surface area (Å²) in [6, 6.07) is 8.62. The first-order chi connectivity index (χ1) is 10.3. The zero-order valence-electron chi connectivity index (χ0n) is 13.3. The Morgan fingerprint density at radius 1 is 1.00 bits per heavy atom. The van der Waals surface area contributed by atoms with Crippen molar-refractivity contribution in [3.63, 3.8) is 0 Å². The van der Waals surface area contributed by atoms with Crippen molar-refractivity contribution in [2.45, 2.75) is 51.4 Å². The zero-order chi connectivity index (χ0) is 14.2. The molecule has 4 bridgehead atoms. The van der Waals surface area contributed by atoms with Gasteiger partial charge in [0.25, 0.3) is 0 Å². The van der Waals surface area contributed by atoms with Crippen LogP contribution in [-0.2, 0) is 6.42 Å². The Hall–Kier alpha value is -0.980. The molecule has 1 heteroatoms. The first kappa shape index (κ1) is 13.7. The minimum atomic E-state index is 1.00. The summed E-state index contributed by atoms with van der Waals surface area (Å²) >= 11 is 0. The van der Waals surface area contributed by atoms with E-state index in [-0.39, 0.29) is 0 Å². The normalized spacial score (nSPS) is 36.9. The van der Waals surface area contributed by atoms with Crippen molar-refractivity contribution in [2.24, 2.45) is 29.6 Å². The van der Waals surface area contributed by atoms with Crippen molar-refractivity contribution in [3.8, 4) is 5.75 Å². The fourth-order valence-electron chi connectivity index (χ4n) is 5.88. The van der Waals surface area contributed by atoms with Gasteiger partial charge >= 0.3 is 0 Å². The third kappa shape index (κ3) is 2.72. The highest BCUT2D eigenvalue weighted by atomic mass is 16.5. The molecule has 0 spiro atoms. The fraction of sp³-hybridized carbons (Fsp3) is 0.700. The fourth-order valence-corrected chi connectivity index (χ4v) is 5.88. The molecule has 0 atom stereocenters. The lowest BCUT2D eigenvalue weighted by Crippen LogP contribution is -2.45. The predicted octanol–water partition coefficient (Wildman–Crippen LogP) is 5.09. The van der Waals surface area contributed by atoms with E-state index in [1.807, 2.05) is 6.07 Å². The number of ether oxygens (including phenoxy) is 1. The quantitative estimate of drug-likeness (QED) is 0.731. The van der Waals surface area contributed by atoms with E-state index in [2.05, 4.69) is 18.2 Å². The van der Waals surface area contributed by atoms with Gasteiger partial charge in [-0.15, -0.1) is 0 Å². The molecule has 114 valence electrons. The van der Waals surface area contributed by atoms with Crippen LogP contribution in [0.15, 0.2) is 24.3 Å². The standard InChI is InChI=1S/C20H28O/c1-21-19-6-2-4-14(13-19)5-3-7-20-17-9-15-8-16(11-17)12-18(20)10-15/h2,4,6,13,15-18,20H,3,5,7-12H2,1H3. The molecule has 1 nitrogen and oxygen atoms in total. The molecule has 0 amide bonds. The number of hydrogen-bond acceptors (Lipinski definition) is 1. The van der Waals surface area contributed by atoms with Crippen LogP contribution in [0.4, 0.5) is 0 Å². The van der Waals surface area contributed by atoms with Crippen molar-refractivity contribution in [1.29, 1.82) is 0 Å². The number of benzene rings is 1. The minimum absolute atomic E-state index is 1.00. The average Bonchev–Trinajstić information content (AvgIpc) is 2.49. The molecular weight excluding hydrogens is 256 g/mol. The lowest BCUT2D eigenvalue weighted by Gasteiger charge is -2.54. The van der Waals surface area contributed by atoms with Gasteiger partial charge in [0.2, 0.25) is 0 Å². The molecular formula is C20H28O. The van der Waals surface area contributed by atoms with E-state index < -0.39 is 0 Å². The second-order valence-corrected chi connectivity index (χ2v) is 7.84. The van der Waals surface area contributed by atoms with Crippen LogP contribution in [0, 0.1) is 29.6 Å². The summed E-state index contributed by atoms with van der Waals surface area (Å²) in [5, 5.41) is 0. The van der Waals surface area contributed by atoms with Gasteiger partial charge in [0.05, 0.1) is 7.11 Å². The maximum Gasteiger partial charge on any atom is 0.119 e. The van der Waals surface area contributed by atoms with E-state index in [0.29, 0.717) is 0 Å². The van der Waals surface area contributed by atoms with E-state index in [1.54, 1.807) is 39.2 Å². The highest BCUT2D eigenvalue weighted by Gasteiger charge is 2.47. The molecule has 0 radical (unpaired) electrons. The molecule has 4 aliphatic carbocycles. The van der Waals surface area contributed by atoms with Gasteiger partial charge in [-0.25, -0.2) is 0 Å². The van der Waals surface area contributed by atoms with E-state index >= 15 is 0 Å². The number of rotatable bonds is 5. The Kier molecular flexibility index (Phi) is 3.69. The van der Waals surface area contributed by atoms with Crippen LogP contribution in [-0.4, -0.2) is 7.11 Å². The first-order valence-corrected chi connectivity index (χ1v) is 8.94. The van der Waals surface area contributed by atoms with E-state index in [1.165, 1.54) is 24.8 Å². The summed E-state index contributed by atoms with van der Waals surface area (Å²) in [6.07, 6.45) is 11.9. The summed E-state index contributed by atoms with van der Waals surface area (Å²) in [5.41, 5.74) is 1.44. The van der Waals surface area contributed by atoms with Gasteiger partial charge in [0.15, 0.2) is 0 Å². The van der Waals surface area contributed by atoms with Crippen LogP contribution in [0.2, 0.25) is 0 Å². The molecule has 0 aliphatic heterocycles. The van der Waals surface area contributed by atoms with Gasteiger partial charge in [-0.1, -0.05) is 12.1 Å². The molecule has 0 N–H and O–H groups in total. The minimum Gasteiger partial charge on any atom is -0.497 e. The van der Waals surface area contributed by atoms with E-state index in [9.17, 15) is 0 Å². The lowest BCUT2D eigenvalue weighted by molar-refractivity contribution is -0.0402. The summed E-state index contributed by atoms with van der Waals surface area (Å²) < 4.78 is 5.33. The van der Waals surface area contributed by atoms with Gasteiger partial charge in [-0.2, -0.15) is 0 Å². The number of methoxy groups -OCH3 is 1. The van der Waals surface area contributed by atoms with Crippen LogP contribution < -0.4 is 4.74 Å². The predicted molar refractivity (Wildman–Crippen MR) is 86.5 cm³/mol. The SMILES string of the molecule is COc1cccc(CCCC2C3CC4CC(C3)CC2C4)c1. The van der Waals surface area contributed by atoms with Crippen LogP contribution in [0.25, 0.3) is 0 Å². The largest absolute Gasteiger partial charge is 0.497 e. The summed E-state index contributed by atoms with van der Waals surface area (Å²) in [5.74, 6) is 6.47. The summed E-state index contributed by atoms with van der Waals surface area (Å²) in [7, 11) is 1.76. The van der Waals surface area contributed by atoms with E-state index in [0.717, 1.165) is 35.3 Å². The second-order valence-electron chi connectivity index (χ2n) is 7.84. The van der Waals surface area contributed by atoms with Crippen LogP contribution >= 0.6 is 0 Å². The van der Waals surface area contributed by atoms with Gasteiger partial charge in [-0.3, -0.25) is 0 Å². The molecule has 1 aromatic carbocycles. The lowest BCUT2D eigenvalue weighted by atomic mass is 9.51. The van der Waals surface area contributed by atoms with Gasteiger partial charge in [0, 0.05) is 0 Å². The smallest absolute Gasteiger partial charge is 0.119 e. The van der Waals surface area contributed by atoms with Crippen molar-refractivity contribution in [2.75, 3.05) is 7.11 Å². The molecule has 5 rings (SSSR count). The third-order valence-electron chi connectivity index (χ3n) is 6.56. The Morgan fingerprint density at radius 2 is 1.71 bits per heavy atom. The van der Waals surface area contributed by atoms with Crippen LogP contribution in [0.5, 0.6) is 5.75 Å². The Balaban J connectivity index is 1.33. The summed E-state index contributed by atoms with van der Waals surface area (Å²) in [6.45, 7) is 0. The Morgan fingerprint density at radius 3 is 2.38 bits per heavy atom. The molecule has 4 fully saturated rings. The van der Waals surface area contributed by atoms with Crippen LogP contribution in [0.1, 0.15) is 50.5 Å². The van der Waals surface area contributed by atoms with E-state index in [4.69, 9.17) is 4.74 Å². The Bertz CT molecular complexity index is 464. The monoisotopic (exact) mass is 284 g/mol. The zero-order valence-corrected chi connectivity index (χ0v) is 13.3. The maximum atomic E-state index is 5.33. The van der Waals surface area contributed by atoms with Crippen molar-refractivity contribution < 1.29 is 4.74 Å². The topological polar surface area (TPSA) is 9.23 Å². The Labute approximate surface area is 129 Å². The number of aryl methyl sites for hydroxylation is 1. The molecule has 0 heterocycles. The second kappa shape index (κ2) is 5.66. The van der Waals surface area contributed by atoms with Crippen molar-refractivity contribution in [3.05, 3.63) is 29.8 Å². The molecule has 1 aromatic rings. The molecule has 21 heavy (non-hydrogen) atoms. The molecule has 4 aliphatic rings. The molecule has 4 saturated carbocycles. The van der Waals surface area contributed by atoms with Crippen molar-refractivity contribution >= 4 is 0 Å². The highest BCUT2D eigenvalue weighted by Crippen LogP contribution is 2.57. The average molecular weight is 284 g/mol. The molecule has 0 saturated heterocycles. The van der Waals surface area contributed by atoms with Gasteiger partial charge < -0.3 is 4.74 Å². The first-order valence-electron chi connectivity index (χ1n) is 8.94.